The first-order valence-electron chi connectivity index (χ1n) is 6.26. The fourth-order valence-electron chi connectivity index (χ4n) is 1.78. The summed E-state index contributed by atoms with van der Waals surface area (Å²) in [5.41, 5.74) is 6.71. The highest BCUT2D eigenvalue weighted by Gasteiger charge is 2.12. The Bertz CT molecular complexity index is 605. The van der Waals surface area contributed by atoms with Crippen molar-refractivity contribution < 1.29 is 9.47 Å². The molecule has 20 heavy (non-hydrogen) atoms. The Balaban J connectivity index is 2.32. The van der Waals surface area contributed by atoms with Gasteiger partial charge < -0.3 is 15.2 Å². The van der Waals surface area contributed by atoms with Crippen molar-refractivity contribution in [1.29, 1.82) is 0 Å². The molecule has 2 N–H and O–H groups in total. The van der Waals surface area contributed by atoms with Crippen molar-refractivity contribution in [1.82, 2.24) is 9.97 Å². The van der Waals surface area contributed by atoms with Crippen molar-refractivity contribution >= 4 is 21.7 Å². The van der Waals surface area contributed by atoms with Crippen LogP contribution in [0.2, 0.25) is 0 Å². The number of nitrogens with two attached hydrogens (primary N) is 1. The molecular formula is C14H16BrN3O2. The van der Waals surface area contributed by atoms with E-state index in [2.05, 4.69) is 32.8 Å². The van der Waals surface area contributed by atoms with Gasteiger partial charge in [0.15, 0.2) is 0 Å². The number of hydrogen-bond donors (Lipinski definition) is 1. The molecule has 6 heteroatoms. The van der Waals surface area contributed by atoms with Gasteiger partial charge in [0.2, 0.25) is 5.88 Å². The third-order valence-corrected chi connectivity index (χ3v) is 3.40. The summed E-state index contributed by atoms with van der Waals surface area (Å²) in [5, 5.41) is 0. The first-order valence-corrected chi connectivity index (χ1v) is 7.05. The van der Waals surface area contributed by atoms with Gasteiger partial charge in [-0.2, -0.15) is 0 Å². The molecule has 5 nitrogen and oxygen atoms in total. The summed E-state index contributed by atoms with van der Waals surface area (Å²) in [6.07, 6.45) is 3.12. The van der Waals surface area contributed by atoms with E-state index in [4.69, 9.17) is 15.2 Å². The lowest BCUT2D eigenvalue weighted by atomic mass is 10.2. The monoisotopic (exact) mass is 337 g/mol. The predicted octanol–water partition coefficient (Wildman–Crippen LogP) is 3.57. The van der Waals surface area contributed by atoms with Crippen LogP contribution in [0.3, 0.4) is 0 Å². The molecule has 0 spiro atoms. The van der Waals surface area contributed by atoms with E-state index >= 15 is 0 Å². The number of rotatable bonds is 5. The minimum Gasteiger partial charge on any atom is -0.497 e. The van der Waals surface area contributed by atoms with Crippen LogP contribution in [0.4, 0.5) is 5.82 Å². The van der Waals surface area contributed by atoms with Gasteiger partial charge in [0.25, 0.3) is 0 Å². The Hall–Kier alpha value is -1.82. The van der Waals surface area contributed by atoms with Gasteiger partial charge in [0.05, 0.1) is 17.1 Å². The van der Waals surface area contributed by atoms with Crippen LogP contribution in [-0.4, -0.2) is 17.1 Å². The van der Waals surface area contributed by atoms with Gasteiger partial charge in [-0.3, -0.25) is 0 Å². The molecule has 0 saturated heterocycles. The van der Waals surface area contributed by atoms with E-state index in [1.807, 2.05) is 18.2 Å². The largest absolute Gasteiger partial charge is 0.497 e. The number of nitrogen functional groups attached to an aromatic ring is 1. The Kier molecular flexibility index (Phi) is 4.79. The van der Waals surface area contributed by atoms with E-state index in [0.717, 1.165) is 28.6 Å². The molecule has 0 fully saturated rings. The molecule has 0 aliphatic carbocycles. The number of ether oxygens (including phenoxy) is 2. The summed E-state index contributed by atoms with van der Waals surface area (Å²) in [6.45, 7) is 2.07. The molecule has 2 aromatic rings. The molecule has 0 atom stereocenters. The molecular weight excluding hydrogens is 322 g/mol. The summed E-state index contributed by atoms with van der Waals surface area (Å²) in [4.78, 5) is 8.18. The van der Waals surface area contributed by atoms with Gasteiger partial charge in [0.1, 0.15) is 23.6 Å². The average molecular weight is 338 g/mol. The van der Waals surface area contributed by atoms with Gasteiger partial charge in [-0.05, 0) is 40.5 Å². The van der Waals surface area contributed by atoms with Crippen LogP contribution in [0.25, 0.3) is 0 Å². The number of hydrogen-bond acceptors (Lipinski definition) is 5. The van der Waals surface area contributed by atoms with E-state index in [1.165, 1.54) is 6.33 Å². The summed E-state index contributed by atoms with van der Waals surface area (Å²) >= 11 is 3.45. The zero-order valence-corrected chi connectivity index (χ0v) is 13.0. The average Bonchev–Trinajstić information content (AvgIpc) is 2.44. The van der Waals surface area contributed by atoms with Crippen LogP contribution < -0.4 is 15.2 Å². The van der Waals surface area contributed by atoms with Gasteiger partial charge >= 0.3 is 0 Å². The standard InChI is InChI=1S/C14H16BrN3O2/c1-3-4-10-13(16)17-8-18-14(10)20-12-6-5-9(19-2)7-11(12)15/h5-8H,3-4H2,1-2H3,(H2,16,17,18). The Morgan fingerprint density at radius 2 is 2.10 bits per heavy atom. The molecule has 106 valence electrons. The molecule has 0 aliphatic rings. The first kappa shape index (κ1) is 14.6. The second-order valence-corrected chi connectivity index (χ2v) is 5.05. The smallest absolute Gasteiger partial charge is 0.227 e. The molecule has 0 bridgehead atoms. The maximum absolute atomic E-state index is 5.88. The molecule has 2 rings (SSSR count). The maximum Gasteiger partial charge on any atom is 0.227 e. The Labute approximate surface area is 126 Å². The molecule has 0 unspecified atom stereocenters. The molecule has 0 saturated carbocycles. The molecule has 0 amide bonds. The minimum absolute atomic E-state index is 0.460. The quantitative estimate of drug-likeness (QED) is 0.902. The fraction of sp³-hybridized carbons (Fsp3) is 0.286. The van der Waals surface area contributed by atoms with Crippen molar-refractivity contribution in [3.8, 4) is 17.4 Å². The number of aromatic nitrogens is 2. The maximum atomic E-state index is 5.88. The van der Waals surface area contributed by atoms with E-state index in [1.54, 1.807) is 7.11 Å². The first-order chi connectivity index (χ1) is 9.65. The van der Waals surface area contributed by atoms with Crippen LogP contribution in [0.5, 0.6) is 17.4 Å². The van der Waals surface area contributed by atoms with Crippen molar-refractivity contribution in [2.75, 3.05) is 12.8 Å². The van der Waals surface area contributed by atoms with Crippen LogP contribution in [0.15, 0.2) is 29.0 Å². The SMILES string of the molecule is CCCc1c(N)ncnc1Oc1ccc(OC)cc1Br. The zero-order valence-electron chi connectivity index (χ0n) is 11.4. The van der Waals surface area contributed by atoms with Crippen molar-refractivity contribution in [3.05, 3.63) is 34.6 Å². The number of nitrogens with zero attached hydrogens (tertiary/aromatic N) is 2. The lowest BCUT2D eigenvalue weighted by Crippen LogP contribution is -2.02. The lowest BCUT2D eigenvalue weighted by molar-refractivity contribution is 0.411. The van der Waals surface area contributed by atoms with Gasteiger partial charge in [-0.25, -0.2) is 9.97 Å². The number of methoxy groups -OCH3 is 1. The fourth-order valence-corrected chi connectivity index (χ4v) is 2.22. The van der Waals surface area contributed by atoms with E-state index in [-0.39, 0.29) is 0 Å². The minimum atomic E-state index is 0.460. The van der Waals surface area contributed by atoms with E-state index < -0.39 is 0 Å². The lowest BCUT2D eigenvalue weighted by Gasteiger charge is -2.12. The highest BCUT2D eigenvalue weighted by Crippen LogP contribution is 2.34. The summed E-state index contributed by atoms with van der Waals surface area (Å²) in [5.74, 6) is 2.35. The van der Waals surface area contributed by atoms with Crippen LogP contribution in [-0.2, 0) is 6.42 Å². The summed E-state index contributed by atoms with van der Waals surface area (Å²) in [6, 6.07) is 5.47. The van der Waals surface area contributed by atoms with Crippen LogP contribution >= 0.6 is 15.9 Å². The van der Waals surface area contributed by atoms with Crippen molar-refractivity contribution in [3.63, 3.8) is 0 Å². The second kappa shape index (κ2) is 6.56. The van der Waals surface area contributed by atoms with Crippen LogP contribution in [0.1, 0.15) is 18.9 Å². The van der Waals surface area contributed by atoms with Gasteiger partial charge in [-0.1, -0.05) is 13.3 Å². The van der Waals surface area contributed by atoms with Gasteiger partial charge in [0, 0.05) is 0 Å². The zero-order chi connectivity index (χ0) is 14.5. The topological polar surface area (TPSA) is 70.3 Å². The van der Waals surface area contributed by atoms with Crippen LogP contribution in [0, 0.1) is 0 Å². The Morgan fingerprint density at radius 1 is 1.30 bits per heavy atom. The number of halogens is 1. The third-order valence-electron chi connectivity index (χ3n) is 2.78. The summed E-state index contributed by atoms with van der Waals surface area (Å²) < 4.78 is 11.8. The highest BCUT2D eigenvalue weighted by atomic mass is 79.9. The van der Waals surface area contributed by atoms with E-state index in [9.17, 15) is 0 Å². The van der Waals surface area contributed by atoms with E-state index in [0.29, 0.717) is 17.4 Å². The predicted molar refractivity (Wildman–Crippen MR) is 81.2 cm³/mol. The molecule has 0 radical (unpaired) electrons. The molecule has 1 aromatic carbocycles. The number of anilines is 1. The second-order valence-electron chi connectivity index (χ2n) is 4.19. The van der Waals surface area contributed by atoms with Gasteiger partial charge in [-0.15, -0.1) is 0 Å². The Morgan fingerprint density at radius 3 is 2.75 bits per heavy atom. The van der Waals surface area contributed by atoms with Crippen molar-refractivity contribution in [2.45, 2.75) is 19.8 Å². The molecule has 1 heterocycles. The normalized spacial score (nSPS) is 10.3. The summed E-state index contributed by atoms with van der Waals surface area (Å²) in [7, 11) is 1.62. The highest BCUT2D eigenvalue weighted by molar-refractivity contribution is 9.10. The third kappa shape index (κ3) is 3.19. The van der Waals surface area contributed by atoms with Crippen molar-refractivity contribution in [2.24, 2.45) is 0 Å². The molecule has 0 aliphatic heterocycles. The molecule has 1 aromatic heterocycles. The number of benzene rings is 1.